The lowest BCUT2D eigenvalue weighted by atomic mass is 9.77. The average molecular weight is 569 g/mol. The molecular weight excluding hydrogens is 540 g/mol. The zero-order valence-corrected chi connectivity index (χ0v) is 23.1. The average Bonchev–Trinajstić information content (AvgIpc) is 3.26. The van der Waals surface area contributed by atoms with Crippen molar-refractivity contribution >= 4 is 27.6 Å². The molecule has 0 aromatic heterocycles. The number of hydrogen-bond acceptors (Lipinski definition) is 10. The first-order valence-corrected chi connectivity index (χ1v) is 15.1. The summed E-state index contributed by atoms with van der Waals surface area (Å²) in [4.78, 5) is 11.9. The third-order valence-corrected chi connectivity index (χ3v) is 9.94. The number of benzene rings is 3. The molecule has 8 nitrogen and oxygen atoms in total. The van der Waals surface area contributed by atoms with Crippen LogP contribution in [0.15, 0.2) is 36.4 Å². The number of hydrogen-bond donors (Lipinski definition) is 3. The molecule has 1 aliphatic carbocycles. The van der Waals surface area contributed by atoms with Crippen LogP contribution in [0.25, 0.3) is 11.1 Å². The van der Waals surface area contributed by atoms with Crippen molar-refractivity contribution in [2.75, 3.05) is 26.3 Å². The number of carbonyl (C=O) groups is 1. The number of aliphatic hydroxyl groups excluding tert-OH is 1. The van der Waals surface area contributed by atoms with Crippen molar-refractivity contribution in [3.05, 3.63) is 64.2 Å². The van der Waals surface area contributed by atoms with Gasteiger partial charge in [0.1, 0.15) is 30.0 Å². The van der Waals surface area contributed by atoms with Crippen LogP contribution in [0.3, 0.4) is 0 Å². The summed E-state index contributed by atoms with van der Waals surface area (Å²) in [5, 5.41) is 30.5. The second kappa shape index (κ2) is 10.4. The van der Waals surface area contributed by atoms with E-state index in [0.717, 1.165) is 50.4 Å². The zero-order chi connectivity index (χ0) is 27.3. The minimum atomic E-state index is -0.513. The molecule has 2 aliphatic heterocycles. The fourth-order valence-electron chi connectivity index (χ4n) is 5.93. The molecule has 10 heteroatoms. The first-order chi connectivity index (χ1) is 18.9. The molecular formula is C29H28O8S2. The van der Waals surface area contributed by atoms with Gasteiger partial charge < -0.3 is 34.3 Å². The first-order valence-electron chi connectivity index (χ1n) is 12.6. The third-order valence-electron chi connectivity index (χ3n) is 7.55. The molecule has 0 saturated heterocycles. The van der Waals surface area contributed by atoms with E-state index in [1.165, 1.54) is 20.1 Å². The number of methoxy groups -OCH3 is 1. The monoisotopic (exact) mass is 568 g/mol. The normalized spacial score (nSPS) is 20.6. The molecule has 0 amide bonds. The molecule has 0 spiro atoms. The van der Waals surface area contributed by atoms with E-state index in [0.29, 0.717) is 23.7 Å². The Kier molecular flexibility index (Phi) is 6.95. The van der Waals surface area contributed by atoms with Crippen LogP contribution in [0.2, 0.25) is 0 Å². The van der Waals surface area contributed by atoms with Gasteiger partial charge in [0.25, 0.3) is 0 Å². The Labute approximate surface area is 233 Å². The maximum atomic E-state index is 11.9. The largest absolute Gasteiger partial charge is 0.508 e. The number of esters is 1. The lowest BCUT2D eigenvalue weighted by molar-refractivity contribution is -0.141. The summed E-state index contributed by atoms with van der Waals surface area (Å²) < 4.78 is 23.4. The van der Waals surface area contributed by atoms with Crippen LogP contribution in [0.4, 0.5) is 0 Å². The Morgan fingerprint density at radius 1 is 1.08 bits per heavy atom. The fourth-order valence-corrected chi connectivity index (χ4v) is 8.35. The van der Waals surface area contributed by atoms with Crippen LogP contribution < -0.4 is 14.2 Å². The van der Waals surface area contributed by atoms with Gasteiger partial charge in [-0.25, -0.2) is 0 Å². The number of rotatable bonds is 5. The standard InChI is InChI=1S/C29H28O8S2/c1-14(31)35-10-22-19-3-4-20-26-15(6-18(32)8-25(26)36-13-30)5-17-12-39-38-11-16-7-23(33)24(34-2)9-21(16)28(22)37-29(19)27(17)20/h3-4,6-9,17,22,28,30,32-33H,5,10-13H2,1-2H3/t17-,22+,28-/m1/s1. The van der Waals surface area contributed by atoms with Crippen LogP contribution in [-0.4, -0.2) is 47.6 Å². The molecule has 0 unspecified atom stereocenters. The van der Waals surface area contributed by atoms with Crippen LogP contribution in [-0.2, 0) is 21.7 Å². The molecule has 3 aliphatic rings. The molecule has 2 bridgehead atoms. The molecule has 6 rings (SSSR count). The maximum Gasteiger partial charge on any atom is 0.302 e. The second-order valence-electron chi connectivity index (χ2n) is 9.81. The van der Waals surface area contributed by atoms with Crippen LogP contribution in [0.5, 0.6) is 28.7 Å². The summed E-state index contributed by atoms with van der Waals surface area (Å²) >= 11 is 0. The van der Waals surface area contributed by atoms with Crippen molar-refractivity contribution in [1.82, 2.24) is 0 Å². The Morgan fingerprint density at radius 2 is 1.92 bits per heavy atom. The number of carbonyl (C=O) groups excluding carboxylic acids is 1. The maximum absolute atomic E-state index is 11.9. The Bertz CT molecular complexity index is 1460. The lowest BCUT2D eigenvalue weighted by Gasteiger charge is -2.30. The molecule has 39 heavy (non-hydrogen) atoms. The van der Waals surface area contributed by atoms with E-state index in [2.05, 4.69) is 0 Å². The predicted molar refractivity (Wildman–Crippen MR) is 149 cm³/mol. The van der Waals surface area contributed by atoms with E-state index in [4.69, 9.17) is 18.9 Å². The summed E-state index contributed by atoms with van der Waals surface area (Å²) in [7, 11) is 4.97. The fraction of sp³-hybridized carbons (Fsp3) is 0.345. The molecule has 2 heterocycles. The van der Waals surface area contributed by atoms with Crippen molar-refractivity contribution in [3.63, 3.8) is 0 Å². The highest BCUT2D eigenvalue weighted by Crippen LogP contribution is 2.58. The van der Waals surface area contributed by atoms with E-state index >= 15 is 0 Å². The topological polar surface area (TPSA) is 115 Å². The van der Waals surface area contributed by atoms with E-state index in [1.807, 2.05) is 18.2 Å². The van der Waals surface area contributed by atoms with E-state index in [-0.39, 0.29) is 35.9 Å². The predicted octanol–water partition coefficient (Wildman–Crippen LogP) is 5.42. The Hall–Kier alpha value is -3.21. The summed E-state index contributed by atoms with van der Waals surface area (Å²) in [5.41, 5.74) is 6.52. The number of aliphatic hydroxyl groups is 1. The highest BCUT2D eigenvalue weighted by molar-refractivity contribution is 8.76. The summed E-state index contributed by atoms with van der Waals surface area (Å²) in [6, 6.07) is 10.9. The van der Waals surface area contributed by atoms with Gasteiger partial charge in [-0.15, -0.1) is 0 Å². The second-order valence-corrected chi connectivity index (χ2v) is 12.3. The highest BCUT2D eigenvalue weighted by atomic mass is 33.1. The molecule has 0 saturated carbocycles. The SMILES string of the molecule is COc1cc2c(cc1O)CSSC[C@H]1Cc3cc(O)cc(OCO)c3-c3ccc4c(c31)O[C@H]2[C@H]4COC(C)=O. The van der Waals surface area contributed by atoms with Gasteiger partial charge in [0.15, 0.2) is 18.3 Å². The highest BCUT2D eigenvalue weighted by Gasteiger charge is 2.43. The number of ether oxygens (including phenoxy) is 4. The van der Waals surface area contributed by atoms with Crippen LogP contribution in [0, 0.1) is 0 Å². The molecule has 3 atom stereocenters. The van der Waals surface area contributed by atoms with E-state index in [1.54, 1.807) is 33.7 Å². The smallest absolute Gasteiger partial charge is 0.302 e. The van der Waals surface area contributed by atoms with Gasteiger partial charge in [-0.1, -0.05) is 33.7 Å². The van der Waals surface area contributed by atoms with Crippen LogP contribution in [0.1, 0.15) is 52.7 Å². The van der Waals surface area contributed by atoms with Gasteiger partial charge in [0.05, 0.1) is 13.0 Å². The zero-order valence-electron chi connectivity index (χ0n) is 21.4. The van der Waals surface area contributed by atoms with Crippen molar-refractivity contribution in [2.45, 2.75) is 37.0 Å². The molecule has 3 aromatic carbocycles. The van der Waals surface area contributed by atoms with E-state index < -0.39 is 12.9 Å². The summed E-state index contributed by atoms with van der Waals surface area (Å²) in [6.07, 6.45) is 0.196. The van der Waals surface area contributed by atoms with Crippen molar-refractivity contribution in [3.8, 4) is 39.9 Å². The van der Waals surface area contributed by atoms with Gasteiger partial charge >= 0.3 is 5.97 Å². The van der Waals surface area contributed by atoms with Gasteiger partial charge in [0.2, 0.25) is 0 Å². The molecule has 204 valence electrons. The Balaban J connectivity index is 1.57. The van der Waals surface area contributed by atoms with Crippen molar-refractivity contribution < 1.29 is 39.1 Å². The van der Waals surface area contributed by atoms with Crippen LogP contribution >= 0.6 is 21.6 Å². The van der Waals surface area contributed by atoms with Gasteiger partial charge in [0, 0.05) is 52.7 Å². The summed E-state index contributed by atoms with van der Waals surface area (Å²) in [5.74, 6) is 2.56. The minimum absolute atomic E-state index is 0.0641. The molecule has 0 radical (unpaired) electrons. The number of aromatic hydroxyl groups is 2. The van der Waals surface area contributed by atoms with Gasteiger partial charge in [-0.3, -0.25) is 4.79 Å². The number of phenols is 2. The lowest BCUT2D eigenvalue weighted by Crippen LogP contribution is -2.18. The minimum Gasteiger partial charge on any atom is -0.508 e. The third kappa shape index (κ3) is 4.54. The number of phenolic OH excluding ortho intramolecular Hbond substituents is 2. The van der Waals surface area contributed by atoms with Crippen molar-refractivity contribution in [2.24, 2.45) is 0 Å². The van der Waals surface area contributed by atoms with E-state index in [9.17, 15) is 20.1 Å². The first kappa shape index (κ1) is 26.0. The Morgan fingerprint density at radius 3 is 2.69 bits per heavy atom. The molecule has 3 aromatic rings. The van der Waals surface area contributed by atoms with Gasteiger partial charge in [-0.2, -0.15) is 0 Å². The quantitative estimate of drug-likeness (QED) is 0.209. The summed E-state index contributed by atoms with van der Waals surface area (Å²) in [6.45, 7) is 1.02. The van der Waals surface area contributed by atoms with Gasteiger partial charge in [-0.05, 0) is 41.3 Å². The van der Waals surface area contributed by atoms with Crippen molar-refractivity contribution in [1.29, 1.82) is 0 Å². The molecule has 3 N–H and O–H groups in total. The number of fused-ring (bicyclic) bond motifs is 5. The molecule has 0 fully saturated rings.